The van der Waals surface area contributed by atoms with Gasteiger partial charge in [0.15, 0.2) is 0 Å². The Labute approximate surface area is 124 Å². The fraction of sp³-hybridized carbons (Fsp3) is 0.462. The number of nitrogens with one attached hydrogen (secondary N) is 1. The third-order valence-electron chi connectivity index (χ3n) is 3.32. The molecule has 2 rings (SSSR count). The van der Waals surface area contributed by atoms with E-state index in [0.717, 1.165) is 12.8 Å². The SMILES string of the molecule is O=C(CCl)NCC(O)(c1cc(Br)ccc1F)C1CC1. The fourth-order valence-corrected chi connectivity index (χ4v) is 2.59. The van der Waals surface area contributed by atoms with E-state index < -0.39 is 11.4 Å². The lowest BCUT2D eigenvalue weighted by atomic mass is 9.88. The minimum absolute atomic E-state index is 0.0312. The van der Waals surface area contributed by atoms with Gasteiger partial charge in [-0.15, -0.1) is 11.6 Å². The highest BCUT2D eigenvalue weighted by molar-refractivity contribution is 9.10. The van der Waals surface area contributed by atoms with Gasteiger partial charge in [0, 0.05) is 10.0 Å². The predicted molar refractivity (Wildman–Crippen MR) is 74.5 cm³/mol. The zero-order valence-corrected chi connectivity index (χ0v) is 12.5. The standard InChI is InChI=1S/C13H14BrClFNO2/c14-9-3-4-11(16)10(5-9)13(19,8-1-2-8)7-17-12(18)6-15/h3-5,8,19H,1-2,6-7H2,(H,17,18). The van der Waals surface area contributed by atoms with E-state index in [4.69, 9.17) is 11.6 Å². The van der Waals surface area contributed by atoms with Crippen molar-refractivity contribution in [2.75, 3.05) is 12.4 Å². The van der Waals surface area contributed by atoms with Crippen molar-refractivity contribution >= 4 is 33.4 Å². The molecule has 1 amide bonds. The molecule has 0 aliphatic heterocycles. The number of alkyl halides is 1. The molecular formula is C13H14BrClFNO2. The van der Waals surface area contributed by atoms with Crippen LogP contribution in [0.25, 0.3) is 0 Å². The lowest BCUT2D eigenvalue weighted by Gasteiger charge is -2.29. The number of carbonyl (C=O) groups excluding carboxylic acids is 1. The minimum atomic E-state index is -1.38. The number of hydrogen-bond acceptors (Lipinski definition) is 2. The van der Waals surface area contributed by atoms with E-state index in [-0.39, 0.29) is 29.8 Å². The molecule has 2 N–H and O–H groups in total. The van der Waals surface area contributed by atoms with Gasteiger partial charge in [0.2, 0.25) is 5.91 Å². The number of halogens is 3. The number of benzene rings is 1. The molecule has 1 atom stereocenters. The molecule has 0 saturated heterocycles. The van der Waals surface area contributed by atoms with Crippen molar-refractivity contribution in [2.24, 2.45) is 5.92 Å². The van der Waals surface area contributed by atoms with E-state index in [1.54, 1.807) is 12.1 Å². The maximum absolute atomic E-state index is 13.9. The van der Waals surface area contributed by atoms with Crippen molar-refractivity contribution in [3.63, 3.8) is 0 Å². The first kappa shape index (κ1) is 14.8. The summed E-state index contributed by atoms with van der Waals surface area (Å²) >= 11 is 8.67. The maximum atomic E-state index is 13.9. The minimum Gasteiger partial charge on any atom is -0.383 e. The summed E-state index contributed by atoms with van der Waals surface area (Å²) in [5.41, 5.74) is -1.17. The Morgan fingerprint density at radius 1 is 1.58 bits per heavy atom. The first-order valence-electron chi connectivity index (χ1n) is 5.98. The van der Waals surface area contributed by atoms with Gasteiger partial charge in [0.05, 0.1) is 6.54 Å². The molecule has 1 aliphatic carbocycles. The highest BCUT2D eigenvalue weighted by atomic mass is 79.9. The van der Waals surface area contributed by atoms with E-state index in [0.29, 0.717) is 4.47 Å². The highest BCUT2D eigenvalue weighted by Gasteiger charge is 2.46. The van der Waals surface area contributed by atoms with Crippen LogP contribution in [0.4, 0.5) is 4.39 Å². The zero-order valence-electron chi connectivity index (χ0n) is 10.1. The summed E-state index contributed by atoms with van der Waals surface area (Å²) in [4.78, 5) is 11.2. The average molecular weight is 351 g/mol. The van der Waals surface area contributed by atoms with E-state index in [1.807, 2.05) is 0 Å². The second-order valence-corrected chi connectivity index (χ2v) is 5.92. The molecule has 1 unspecified atom stereocenters. The summed E-state index contributed by atoms with van der Waals surface area (Å²) in [6.07, 6.45) is 1.64. The molecule has 1 aromatic rings. The Morgan fingerprint density at radius 2 is 2.26 bits per heavy atom. The molecule has 1 fully saturated rings. The van der Waals surface area contributed by atoms with Crippen LogP contribution in [-0.2, 0) is 10.4 Å². The van der Waals surface area contributed by atoms with Gasteiger partial charge < -0.3 is 10.4 Å². The summed E-state index contributed by atoms with van der Waals surface area (Å²) in [6, 6.07) is 4.43. The first-order chi connectivity index (χ1) is 8.97. The Bertz CT molecular complexity index is 496. The lowest BCUT2D eigenvalue weighted by molar-refractivity contribution is -0.120. The van der Waals surface area contributed by atoms with Crippen molar-refractivity contribution in [2.45, 2.75) is 18.4 Å². The Kier molecular flexibility index (Phi) is 4.48. The van der Waals surface area contributed by atoms with Gasteiger partial charge in [-0.25, -0.2) is 4.39 Å². The predicted octanol–water partition coefficient (Wildman–Crippen LogP) is 2.54. The molecule has 0 heterocycles. The van der Waals surface area contributed by atoms with Gasteiger partial charge in [-0.2, -0.15) is 0 Å². The number of hydrogen-bond donors (Lipinski definition) is 2. The average Bonchev–Trinajstić information content (AvgIpc) is 3.23. The summed E-state index contributed by atoms with van der Waals surface area (Å²) in [6.45, 7) is -0.0312. The molecule has 0 bridgehead atoms. The van der Waals surface area contributed by atoms with Gasteiger partial charge in [-0.3, -0.25) is 4.79 Å². The van der Waals surface area contributed by atoms with Gasteiger partial charge in [0.25, 0.3) is 0 Å². The smallest absolute Gasteiger partial charge is 0.235 e. The van der Waals surface area contributed by atoms with Crippen LogP contribution in [0.2, 0.25) is 0 Å². The van der Waals surface area contributed by atoms with E-state index >= 15 is 0 Å². The Balaban J connectivity index is 2.27. The number of amides is 1. The van der Waals surface area contributed by atoms with Crippen LogP contribution in [0.15, 0.2) is 22.7 Å². The van der Waals surface area contributed by atoms with Crippen LogP contribution in [-0.4, -0.2) is 23.4 Å². The van der Waals surface area contributed by atoms with Gasteiger partial charge in [0.1, 0.15) is 17.3 Å². The lowest BCUT2D eigenvalue weighted by Crippen LogP contribution is -2.43. The highest BCUT2D eigenvalue weighted by Crippen LogP contribution is 2.46. The summed E-state index contributed by atoms with van der Waals surface area (Å²) in [7, 11) is 0. The van der Waals surface area contributed by atoms with E-state index in [9.17, 15) is 14.3 Å². The second-order valence-electron chi connectivity index (χ2n) is 4.73. The monoisotopic (exact) mass is 349 g/mol. The molecule has 0 radical (unpaired) electrons. The molecular weight excluding hydrogens is 337 g/mol. The molecule has 0 spiro atoms. The molecule has 19 heavy (non-hydrogen) atoms. The van der Waals surface area contributed by atoms with Gasteiger partial charge >= 0.3 is 0 Å². The third kappa shape index (κ3) is 3.27. The number of rotatable bonds is 5. The van der Waals surface area contributed by atoms with Gasteiger partial charge in [-0.1, -0.05) is 15.9 Å². The first-order valence-corrected chi connectivity index (χ1v) is 7.30. The van der Waals surface area contributed by atoms with E-state index in [1.165, 1.54) is 6.07 Å². The largest absolute Gasteiger partial charge is 0.383 e. The fourth-order valence-electron chi connectivity index (χ4n) is 2.13. The Hall–Kier alpha value is -0.650. The molecule has 6 heteroatoms. The topological polar surface area (TPSA) is 49.3 Å². The molecule has 1 aromatic carbocycles. The molecule has 1 saturated carbocycles. The van der Waals surface area contributed by atoms with Crippen molar-refractivity contribution in [1.29, 1.82) is 0 Å². The van der Waals surface area contributed by atoms with Crippen molar-refractivity contribution in [3.05, 3.63) is 34.1 Å². The molecule has 104 valence electrons. The summed E-state index contributed by atoms with van der Waals surface area (Å²) in [5.74, 6) is -1.07. The van der Waals surface area contributed by atoms with Gasteiger partial charge in [-0.05, 0) is 37.0 Å². The van der Waals surface area contributed by atoms with E-state index in [2.05, 4.69) is 21.2 Å². The van der Waals surface area contributed by atoms with Crippen LogP contribution >= 0.6 is 27.5 Å². The normalized spacial score (nSPS) is 17.9. The van der Waals surface area contributed by atoms with Crippen LogP contribution in [0, 0.1) is 11.7 Å². The molecule has 0 aromatic heterocycles. The van der Waals surface area contributed by atoms with Crippen molar-refractivity contribution < 1.29 is 14.3 Å². The van der Waals surface area contributed by atoms with Crippen LogP contribution in [0.3, 0.4) is 0 Å². The number of aliphatic hydroxyl groups is 1. The zero-order chi connectivity index (χ0) is 14.0. The third-order valence-corrected chi connectivity index (χ3v) is 4.06. The second kappa shape index (κ2) is 5.77. The van der Waals surface area contributed by atoms with Crippen LogP contribution in [0.1, 0.15) is 18.4 Å². The maximum Gasteiger partial charge on any atom is 0.235 e. The van der Waals surface area contributed by atoms with Crippen molar-refractivity contribution in [1.82, 2.24) is 5.32 Å². The quantitative estimate of drug-likeness (QED) is 0.802. The summed E-state index contributed by atoms with van der Waals surface area (Å²) < 4.78 is 14.6. The van der Waals surface area contributed by atoms with Crippen molar-refractivity contribution in [3.8, 4) is 0 Å². The Morgan fingerprint density at radius 3 is 2.84 bits per heavy atom. The van der Waals surface area contributed by atoms with Crippen LogP contribution < -0.4 is 5.32 Å². The summed E-state index contributed by atoms with van der Waals surface area (Å²) in [5, 5.41) is 13.3. The van der Waals surface area contributed by atoms with Crippen LogP contribution in [0.5, 0.6) is 0 Å². The molecule has 1 aliphatic rings. The molecule has 3 nitrogen and oxygen atoms in total. The number of carbonyl (C=O) groups is 1.